The molecule has 0 saturated carbocycles. The number of likely N-dealkylation sites (N-methyl/N-ethyl adjacent to an activating group) is 1. The van der Waals surface area contributed by atoms with Gasteiger partial charge in [0.25, 0.3) is 5.69 Å². The van der Waals surface area contributed by atoms with E-state index in [4.69, 9.17) is 9.47 Å². The zero-order chi connectivity index (χ0) is 15.1. The minimum absolute atomic E-state index is 0.0664. The minimum atomic E-state index is -0.524. The first-order valence-electron chi connectivity index (χ1n) is 6.03. The van der Waals surface area contributed by atoms with Crippen molar-refractivity contribution in [1.82, 2.24) is 4.90 Å². The van der Waals surface area contributed by atoms with E-state index >= 15 is 0 Å². The molecular weight excluding hydrogens is 264 g/mol. The average Bonchev–Trinajstić information content (AvgIpc) is 2.38. The van der Waals surface area contributed by atoms with Crippen molar-refractivity contribution >= 4 is 11.7 Å². The van der Waals surface area contributed by atoms with E-state index in [-0.39, 0.29) is 17.9 Å². The third kappa shape index (κ3) is 4.94. The van der Waals surface area contributed by atoms with Gasteiger partial charge in [-0.3, -0.25) is 10.1 Å². The summed E-state index contributed by atoms with van der Waals surface area (Å²) in [7, 11) is 5.26. The van der Waals surface area contributed by atoms with Crippen molar-refractivity contribution in [3.8, 4) is 0 Å². The highest BCUT2D eigenvalue weighted by Gasteiger charge is 2.17. The van der Waals surface area contributed by atoms with E-state index in [1.54, 1.807) is 0 Å². The Morgan fingerprint density at radius 1 is 1.35 bits per heavy atom. The molecule has 20 heavy (non-hydrogen) atoms. The molecule has 1 aromatic rings. The molecule has 0 aliphatic rings. The molecule has 1 atom stereocenters. The van der Waals surface area contributed by atoms with Crippen LogP contribution >= 0.6 is 0 Å². The van der Waals surface area contributed by atoms with Crippen LogP contribution in [0.1, 0.15) is 10.4 Å². The van der Waals surface area contributed by atoms with Crippen LogP contribution < -0.4 is 0 Å². The maximum Gasteiger partial charge on any atom is 0.338 e. The number of esters is 1. The van der Waals surface area contributed by atoms with Crippen LogP contribution in [0, 0.1) is 10.1 Å². The second-order valence-corrected chi connectivity index (χ2v) is 4.55. The second-order valence-electron chi connectivity index (χ2n) is 4.55. The number of carbonyl (C=O) groups excluding carboxylic acids is 1. The third-order valence-corrected chi connectivity index (χ3v) is 2.51. The molecule has 0 N–H and O–H groups in total. The number of hydrogen-bond acceptors (Lipinski definition) is 6. The number of rotatable bonds is 7. The Hall–Kier alpha value is -1.99. The van der Waals surface area contributed by atoms with Crippen LogP contribution in [-0.4, -0.2) is 56.3 Å². The zero-order valence-electron chi connectivity index (χ0n) is 11.7. The van der Waals surface area contributed by atoms with Gasteiger partial charge in [-0.2, -0.15) is 0 Å². The van der Waals surface area contributed by atoms with E-state index in [0.29, 0.717) is 6.54 Å². The van der Waals surface area contributed by atoms with Gasteiger partial charge in [-0.1, -0.05) is 0 Å². The van der Waals surface area contributed by atoms with Crippen LogP contribution in [0.3, 0.4) is 0 Å². The molecule has 0 spiro atoms. The summed E-state index contributed by atoms with van der Waals surface area (Å²) in [4.78, 5) is 23.8. The summed E-state index contributed by atoms with van der Waals surface area (Å²) < 4.78 is 10.3. The number of ether oxygens (including phenoxy) is 2. The van der Waals surface area contributed by atoms with Crippen molar-refractivity contribution in [2.75, 3.05) is 34.4 Å². The van der Waals surface area contributed by atoms with Gasteiger partial charge in [0.2, 0.25) is 0 Å². The monoisotopic (exact) mass is 282 g/mol. The van der Waals surface area contributed by atoms with E-state index in [0.717, 1.165) is 0 Å². The first-order valence-corrected chi connectivity index (χ1v) is 6.03. The molecule has 0 fully saturated rings. The van der Waals surface area contributed by atoms with Crippen LogP contribution in [0.4, 0.5) is 5.69 Å². The van der Waals surface area contributed by atoms with Gasteiger partial charge in [0, 0.05) is 25.8 Å². The van der Waals surface area contributed by atoms with Gasteiger partial charge in [0.15, 0.2) is 0 Å². The summed E-state index contributed by atoms with van der Waals surface area (Å²) in [5, 5.41) is 10.5. The molecule has 0 aromatic heterocycles. The summed E-state index contributed by atoms with van der Waals surface area (Å²) in [6.07, 6.45) is -0.391. The van der Waals surface area contributed by atoms with Gasteiger partial charge in [0.1, 0.15) is 6.10 Å². The number of non-ortho nitro benzene ring substituents is 1. The SMILES string of the molecule is COC[C@H](CN(C)C)OC(=O)c1ccc([N+](=O)[O-])cc1. The van der Waals surface area contributed by atoms with Crippen LogP contribution in [0.2, 0.25) is 0 Å². The fraction of sp³-hybridized carbons (Fsp3) is 0.462. The molecule has 0 saturated heterocycles. The predicted octanol–water partition coefficient (Wildman–Crippen LogP) is 1.33. The Morgan fingerprint density at radius 3 is 2.40 bits per heavy atom. The molecule has 0 aliphatic carbocycles. The number of methoxy groups -OCH3 is 1. The number of benzene rings is 1. The Morgan fingerprint density at radius 2 is 1.95 bits per heavy atom. The van der Waals surface area contributed by atoms with Gasteiger partial charge in [0.05, 0.1) is 17.1 Å². The van der Waals surface area contributed by atoms with E-state index in [9.17, 15) is 14.9 Å². The van der Waals surface area contributed by atoms with Crippen molar-refractivity contribution in [2.45, 2.75) is 6.10 Å². The van der Waals surface area contributed by atoms with E-state index in [1.807, 2.05) is 19.0 Å². The lowest BCUT2D eigenvalue weighted by molar-refractivity contribution is -0.384. The maximum atomic E-state index is 11.9. The zero-order valence-corrected chi connectivity index (χ0v) is 11.7. The Balaban J connectivity index is 2.70. The van der Waals surface area contributed by atoms with Crippen LogP contribution in [-0.2, 0) is 9.47 Å². The summed E-state index contributed by atoms with van der Waals surface area (Å²) in [6, 6.07) is 5.29. The minimum Gasteiger partial charge on any atom is -0.455 e. The van der Waals surface area contributed by atoms with E-state index in [1.165, 1.54) is 31.4 Å². The Bertz CT molecular complexity index is 458. The topological polar surface area (TPSA) is 81.9 Å². The number of nitrogens with zero attached hydrogens (tertiary/aromatic N) is 2. The van der Waals surface area contributed by atoms with Crippen molar-refractivity contribution < 1.29 is 19.2 Å². The summed E-state index contributed by atoms with van der Waals surface area (Å²) in [5.74, 6) is -0.524. The maximum absolute atomic E-state index is 11.9. The van der Waals surface area contributed by atoms with Crippen LogP contribution in [0.15, 0.2) is 24.3 Å². The summed E-state index contributed by atoms with van der Waals surface area (Å²) >= 11 is 0. The molecule has 0 heterocycles. The molecule has 0 unspecified atom stereocenters. The average molecular weight is 282 g/mol. The van der Waals surface area contributed by atoms with Gasteiger partial charge >= 0.3 is 5.97 Å². The fourth-order valence-electron chi connectivity index (χ4n) is 1.66. The molecule has 1 rings (SSSR count). The molecule has 0 bridgehead atoms. The Labute approximate surface area is 117 Å². The van der Waals surface area contributed by atoms with Gasteiger partial charge in [-0.05, 0) is 26.2 Å². The molecule has 0 radical (unpaired) electrons. The standard InChI is InChI=1S/C13H18N2O5/c1-14(2)8-12(9-19-3)20-13(16)10-4-6-11(7-5-10)15(17)18/h4-7,12H,8-9H2,1-3H3/t12-/m0/s1. The Kier molecular flexibility index (Phi) is 6.08. The van der Waals surface area contributed by atoms with Crippen molar-refractivity contribution in [3.05, 3.63) is 39.9 Å². The third-order valence-electron chi connectivity index (χ3n) is 2.51. The molecule has 0 aliphatic heterocycles. The summed E-state index contributed by atoms with van der Waals surface area (Å²) in [5.41, 5.74) is 0.207. The van der Waals surface area contributed by atoms with Gasteiger partial charge in [-0.25, -0.2) is 4.79 Å². The fourth-order valence-corrected chi connectivity index (χ4v) is 1.66. The van der Waals surface area contributed by atoms with Crippen LogP contribution in [0.25, 0.3) is 0 Å². The molecule has 110 valence electrons. The number of hydrogen-bond donors (Lipinski definition) is 0. The molecule has 7 heteroatoms. The van der Waals surface area contributed by atoms with E-state index in [2.05, 4.69) is 0 Å². The van der Waals surface area contributed by atoms with Gasteiger partial charge < -0.3 is 14.4 Å². The van der Waals surface area contributed by atoms with Crippen molar-refractivity contribution in [1.29, 1.82) is 0 Å². The highest BCUT2D eigenvalue weighted by Crippen LogP contribution is 2.13. The highest BCUT2D eigenvalue weighted by molar-refractivity contribution is 5.89. The summed E-state index contributed by atoms with van der Waals surface area (Å²) in [6.45, 7) is 0.823. The molecule has 0 amide bonds. The quantitative estimate of drug-likeness (QED) is 0.426. The van der Waals surface area contributed by atoms with E-state index < -0.39 is 17.0 Å². The molecular formula is C13H18N2O5. The van der Waals surface area contributed by atoms with Crippen molar-refractivity contribution in [2.24, 2.45) is 0 Å². The first-order chi connectivity index (χ1) is 9.43. The lowest BCUT2D eigenvalue weighted by atomic mass is 10.2. The van der Waals surface area contributed by atoms with Crippen LogP contribution in [0.5, 0.6) is 0 Å². The normalized spacial score (nSPS) is 12.2. The molecule has 7 nitrogen and oxygen atoms in total. The predicted molar refractivity (Wildman–Crippen MR) is 72.7 cm³/mol. The lowest BCUT2D eigenvalue weighted by Gasteiger charge is -2.20. The number of carbonyl (C=O) groups is 1. The first kappa shape index (κ1) is 16.1. The largest absolute Gasteiger partial charge is 0.455 e. The molecule has 1 aromatic carbocycles. The number of nitro benzene ring substituents is 1. The lowest BCUT2D eigenvalue weighted by Crippen LogP contribution is -2.33. The highest BCUT2D eigenvalue weighted by atomic mass is 16.6. The van der Waals surface area contributed by atoms with Gasteiger partial charge in [-0.15, -0.1) is 0 Å². The number of nitro groups is 1. The second kappa shape index (κ2) is 7.56. The smallest absolute Gasteiger partial charge is 0.338 e. The van der Waals surface area contributed by atoms with Crippen molar-refractivity contribution in [3.63, 3.8) is 0 Å².